The van der Waals surface area contributed by atoms with Crippen molar-refractivity contribution < 1.29 is 13.9 Å². The van der Waals surface area contributed by atoms with E-state index in [0.29, 0.717) is 31.8 Å². The Morgan fingerprint density at radius 2 is 1.98 bits per heavy atom. The molecule has 2 nitrogen and oxygen atoms in total. The molecule has 1 heterocycles. The van der Waals surface area contributed by atoms with Crippen LogP contribution < -0.4 is 0 Å². The molecule has 0 bridgehead atoms. The van der Waals surface area contributed by atoms with Gasteiger partial charge >= 0.3 is 0 Å². The molecule has 4 rings (SSSR count). The number of ketones is 1. The summed E-state index contributed by atoms with van der Waals surface area (Å²) in [6.07, 6.45) is 24.5. The average Bonchev–Trinajstić information content (AvgIpc) is 3.23. The Morgan fingerprint density at radius 1 is 1.23 bits per heavy atom. The first-order valence-corrected chi connectivity index (χ1v) is 15.5. The maximum Gasteiger partial charge on any atom is 0.132 e. The minimum absolute atomic E-state index is 0.0569. The van der Waals surface area contributed by atoms with Crippen molar-refractivity contribution in [3.05, 3.63) is 93.9 Å². The van der Waals surface area contributed by atoms with Gasteiger partial charge in [-0.3, -0.25) is 4.79 Å². The molecule has 0 spiro atoms. The van der Waals surface area contributed by atoms with Crippen LogP contribution in [0, 0.1) is 17.8 Å². The summed E-state index contributed by atoms with van der Waals surface area (Å²) in [5.41, 5.74) is 7.10. The van der Waals surface area contributed by atoms with Gasteiger partial charge in [-0.1, -0.05) is 76.1 Å². The third-order valence-corrected chi connectivity index (χ3v) is 9.37. The van der Waals surface area contributed by atoms with Crippen molar-refractivity contribution in [2.24, 2.45) is 17.8 Å². The number of halogens is 1. The van der Waals surface area contributed by atoms with Crippen molar-refractivity contribution in [2.45, 2.75) is 104 Å². The van der Waals surface area contributed by atoms with Crippen molar-refractivity contribution in [3.63, 3.8) is 0 Å². The summed E-state index contributed by atoms with van der Waals surface area (Å²) in [4.78, 5) is 11.9. The van der Waals surface area contributed by atoms with Crippen LogP contribution in [0.1, 0.15) is 98.8 Å². The van der Waals surface area contributed by atoms with E-state index in [1.165, 1.54) is 22.3 Å². The molecule has 0 saturated heterocycles. The lowest BCUT2D eigenvalue weighted by atomic mass is 9.80. The molecule has 0 N–H and O–H groups in total. The Hall–Kier alpha value is -2.68. The maximum absolute atomic E-state index is 15.8. The van der Waals surface area contributed by atoms with Crippen molar-refractivity contribution in [3.8, 4) is 0 Å². The Morgan fingerprint density at radius 3 is 2.65 bits per heavy atom. The van der Waals surface area contributed by atoms with Crippen LogP contribution in [0.2, 0.25) is 0 Å². The fraction of sp³-hybridized carbons (Fsp3) is 0.541. The van der Waals surface area contributed by atoms with E-state index in [1.54, 1.807) is 6.92 Å². The molecule has 1 saturated carbocycles. The minimum atomic E-state index is -1.04. The molecule has 0 radical (unpaired) electrons. The van der Waals surface area contributed by atoms with Crippen molar-refractivity contribution in [1.82, 2.24) is 0 Å². The number of hydrogen-bond donors (Lipinski definition) is 0. The lowest BCUT2D eigenvalue weighted by molar-refractivity contribution is -0.120. The van der Waals surface area contributed by atoms with Crippen molar-refractivity contribution >= 4 is 5.78 Å². The van der Waals surface area contributed by atoms with Crippen LogP contribution in [0.15, 0.2) is 93.9 Å². The van der Waals surface area contributed by atoms with Crippen molar-refractivity contribution in [1.29, 1.82) is 0 Å². The van der Waals surface area contributed by atoms with Gasteiger partial charge in [-0.05, 0) is 111 Å². The second kappa shape index (κ2) is 13.3. The molecule has 3 atom stereocenters. The Bertz CT molecular complexity index is 1210. The third-order valence-electron chi connectivity index (χ3n) is 9.37. The van der Waals surface area contributed by atoms with Crippen molar-refractivity contribution in [2.75, 3.05) is 6.61 Å². The van der Waals surface area contributed by atoms with Gasteiger partial charge in [0.25, 0.3) is 0 Å². The predicted molar refractivity (Wildman–Crippen MR) is 166 cm³/mol. The Labute approximate surface area is 242 Å². The van der Waals surface area contributed by atoms with E-state index in [-0.39, 0.29) is 17.6 Å². The molecular formula is C37H49FO2. The van der Waals surface area contributed by atoms with E-state index in [9.17, 15) is 4.79 Å². The summed E-state index contributed by atoms with van der Waals surface area (Å²) in [5.74, 6) is 1.72. The van der Waals surface area contributed by atoms with E-state index in [0.717, 1.165) is 67.4 Å². The zero-order valence-corrected chi connectivity index (χ0v) is 25.5. The topological polar surface area (TPSA) is 26.3 Å². The summed E-state index contributed by atoms with van der Waals surface area (Å²) >= 11 is 0. The van der Waals surface area contributed by atoms with Gasteiger partial charge < -0.3 is 4.74 Å². The molecule has 3 heteroatoms. The van der Waals surface area contributed by atoms with Crippen LogP contribution in [0.25, 0.3) is 0 Å². The van der Waals surface area contributed by atoms with Crippen LogP contribution in [-0.2, 0) is 9.53 Å². The number of hydrogen-bond acceptors (Lipinski definition) is 2. The second-order valence-electron chi connectivity index (χ2n) is 12.5. The molecule has 3 aliphatic carbocycles. The highest BCUT2D eigenvalue weighted by atomic mass is 19.1. The molecule has 0 aromatic rings. The number of Topliss-reactive ketones (excluding diaryl/α,β-unsaturated/α-hetero) is 1. The van der Waals surface area contributed by atoms with Gasteiger partial charge in [0.05, 0.1) is 0 Å². The van der Waals surface area contributed by atoms with Crippen LogP contribution in [0.4, 0.5) is 4.39 Å². The predicted octanol–water partition coefficient (Wildman–Crippen LogP) is 10.2. The molecule has 4 aliphatic rings. The number of allylic oxidation sites excluding steroid dienone is 14. The molecular weight excluding hydrogens is 495 g/mol. The SMILES string of the molecule is C=C1C(C2=CC(CC(C)C(C)=O)CC=C2)=CC(CCC2(F)CCCCC2)/C1=C/C(=C\CC)C1=C(C)OCC=C1C. The molecule has 3 unspecified atom stereocenters. The lowest BCUT2D eigenvalue weighted by Crippen LogP contribution is -2.26. The highest BCUT2D eigenvalue weighted by Gasteiger charge is 2.35. The summed E-state index contributed by atoms with van der Waals surface area (Å²) in [6.45, 7) is 15.3. The van der Waals surface area contributed by atoms with Crippen LogP contribution in [0.5, 0.6) is 0 Å². The highest BCUT2D eigenvalue weighted by molar-refractivity contribution is 5.78. The molecule has 0 amide bonds. The Balaban J connectivity index is 1.68. The van der Waals surface area contributed by atoms with E-state index in [1.807, 2.05) is 13.8 Å². The fourth-order valence-electron chi connectivity index (χ4n) is 6.83. The number of carbonyl (C=O) groups is 1. The zero-order chi connectivity index (χ0) is 28.9. The molecule has 0 aromatic carbocycles. The van der Waals surface area contributed by atoms with E-state index in [2.05, 4.69) is 63.0 Å². The normalized spacial score (nSPS) is 26.9. The second-order valence-corrected chi connectivity index (χ2v) is 12.5. The van der Waals surface area contributed by atoms with Crippen LogP contribution in [0.3, 0.4) is 0 Å². The molecule has 1 aliphatic heterocycles. The van der Waals surface area contributed by atoms with Gasteiger partial charge in [-0.25, -0.2) is 4.39 Å². The molecule has 0 aromatic heterocycles. The monoisotopic (exact) mass is 544 g/mol. The maximum atomic E-state index is 15.8. The summed E-state index contributed by atoms with van der Waals surface area (Å²) in [5, 5.41) is 0. The zero-order valence-electron chi connectivity index (χ0n) is 25.5. The lowest BCUT2D eigenvalue weighted by Gasteiger charge is -2.30. The number of alkyl halides is 1. The number of carbonyl (C=O) groups excluding carboxylic acids is 1. The van der Waals surface area contributed by atoms with Gasteiger partial charge in [0.15, 0.2) is 0 Å². The standard InChI is InChI=1S/C37H49FO2/c1-7-12-33(36-25(2)16-20-40-29(36)6)24-35-27(4)34(23-32(35)15-19-37(38)17-9-8-10-18-37)31-14-11-13-30(22-31)21-26(3)28(5)39/h11-12,14,16,22-24,26,30,32H,4,7-10,13,15,17-21H2,1-3,5-6H3/b33-12+,35-24+. The average molecular weight is 545 g/mol. The highest BCUT2D eigenvalue weighted by Crippen LogP contribution is 2.46. The fourth-order valence-corrected chi connectivity index (χ4v) is 6.83. The van der Waals surface area contributed by atoms with Crippen LogP contribution >= 0.6 is 0 Å². The molecule has 216 valence electrons. The Kier molecular flexibility index (Phi) is 10.1. The summed E-state index contributed by atoms with van der Waals surface area (Å²) in [7, 11) is 0. The third kappa shape index (κ3) is 7.14. The van der Waals surface area contributed by atoms with E-state index >= 15 is 4.39 Å². The number of rotatable bonds is 10. The number of ether oxygens (including phenoxy) is 1. The smallest absolute Gasteiger partial charge is 0.132 e. The first kappa shape index (κ1) is 30.3. The summed E-state index contributed by atoms with van der Waals surface area (Å²) in [6, 6.07) is 0. The minimum Gasteiger partial charge on any atom is -0.494 e. The van der Waals surface area contributed by atoms with E-state index in [4.69, 9.17) is 4.74 Å². The van der Waals surface area contributed by atoms with Gasteiger partial charge in [0, 0.05) is 17.4 Å². The largest absolute Gasteiger partial charge is 0.494 e. The van der Waals surface area contributed by atoms with Gasteiger partial charge in [0.2, 0.25) is 0 Å². The summed E-state index contributed by atoms with van der Waals surface area (Å²) < 4.78 is 21.7. The quantitative estimate of drug-likeness (QED) is 0.273. The first-order chi connectivity index (χ1) is 19.1. The van der Waals surface area contributed by atoms with Gasteiger partial charge in [-0.15, -0.1) is 0 Å². The molecule has 40 heavy (non-hydrogen) atoms. The first-order valence-electron chi connectivity index (χ1n) is 15.5. The molecule has 1 fully saturated rings. The van der Waals surface area contributed by atoms with E-state index < -0.39 is 5.67 Å². The van der Waals surface area contributed by atoms with Gasteiger partial charge in [-0.2, -0.15) is 0 Å². The van der Waals surface area contributed by atoms with Crippen LogP contribution in [-0.4, -0.2) is 18.1 Å². The van der Waals surface area contributed by atoms with Gasteiger partial charge in [0.1, 0.15) is 23.8 Å².